The molecule has 0 aliphatic heterocycles. The number of aldehydes is 1. The molecule has 1 aromatic carbocycles. The van der Waals surface area contributed by atoms with Crippen LogP contribution >= 0.6 is 0 Å². The lowest BCUT2D eigenvalue weighted by atomic mass is 9.86. The standard InChI is InChI=1S/C16H19N3O/c1-12-6-5-9-14(10-12)19-16(15(11-20)17-18-19)13-7-3-2-4-8-13/h5-6,9-11,13H,2-4,7-8H2,1H3. The van der Waals surface area contributed by atoms with Crippen LogP contribution in [0, 0.1) is 6.92 Å². The predicted octanol–water partition coefficient (Wildman–Crippen LogP) is 3.44. The van der Waals surface area contributed by atoms with E-state index in [1.807, 2.05) is 16.8 Å². The van der Waals surface area contributed by atoms with Gasteiger partial charge in [-0.05, 0) is 37.5 Å². The van der Waals surface area contributed by atoms with Crippen molar-refractivity contribution >= 4 is 6.29 Å². The van der Waals surface area contributed by atoms with E-state index in [2.05, 4.69) is 29.4 Å². The zero-order valence-electron chi connectivity index (χ0n) is 11.7. The van der Waals surface area contributed by atoms with Gasteiger partial charge in [-0.2, -0.15) is 0 Å². The van der Waals surface area contributed by atoms with Gasteiger partial charge in [0.05, 0.1) is 11.4 Å². The van der Waals surface area contributed by atoms with Crippen molar-refractivity contribution in [3.8, 4) is 5.69 Å². The van der Waals surface area contributed by atoms with Crippen molar-refractivity contribution in [1.82, 2.24) is 15.0 Å². The molecule has 3 rings (SSSR count). The number of hydrogen-bond acceptors (Lipinski definition) is 3. The molecule has 0 unspecified atom stereocenters. The fraction of sp³-hybridized carbons (Fsp3) is 0.438. The molecule has 0 amide bonds. The molecule has 1 aliphatic carbocycles. The van der Waals surface area contributed by atoms with Crippen molar-refractivity contribution in [2.45, 2.75) is 44.9 Å². The van der Waals surface area contributed by atoms with Crippen molar-refractivity contribution in [2.75, 3.05) is 0 Å². The van der Waals surface area contributed by atoms with Gasteiger partial charge in [0, 0.05) is 5.92 Å². The third-order valence-corrected chi connectivity index (χ3v) is 4.08. The summed E-state index contributed by atoms with van der Waals surface area (Å²) in [5.41, 5.74) is 3.66. The van der Waals surface area contributed by atoms with Gasteiger partial charge < -0.3 is 0 Å². The molecule has 0 spiro atoms. The summed E-state index contributed by atoms with van der Waals surface area (Å²) in [6.45, 7) is 2.06. The van der Waals surface area contributed by atoms with Crippen molar-refractivity contribution in [1.29, 1.82) is 0 Å². The molecular weight excluding hydrogens is 250 g/mol. The molecule has 104 valence electrons. The first-order chi connectivity index (χ1) is 9.79. The molecule has 4 heteroatoms. The van der Waals surface area contributed by atoms with Gasteiger partial charge in [-0.3, -0.25) is 4.79 Å². The van der Waals surface area contributed by atoms with E-state index >= 15 is 0 Å². The summed E-state index contributed by atoms with van der Waals surface area (Å²) in [6.07, 6.45) is 6.83. The molecule has 0 saturated heterocycles. The van der Waals surface area contributed by atoms with Crippen LogP contribution < -0.4 is 0 Å². The van der Waals surface area contributed by atoms with Crippen LogP contribution in [-0.2, 0) is 0 Å². The molecule has 4 nitrogen and oxygen atoms in total. The van der Waals surface area contributed by atoms with Crippen LogP contribution in [0.5, 0.6) is 0 Å². The summed E-state index contributed by atoms with van der Waals surface area (Å²) in [4.78, 5) is 11.3. The Labute approximate surface area is 118 Å². The lowest BCUT2D eigenvalue weighted by Crippen LogP contribution is -2.12. The largest absolute Gasteiger partial charge is 0.296 e. The third-order valence-electron chi connectivity index (χ3n) is 4.08. The lowest BCUT2D eigenvalue weighted by molar-refractivity contribution is 0.111. The highest BCUT2D eigenvalue weighted by atomic mass is 16.1. The van der Waals surface area contributed by atoms with Crippen molar-refractivity contribution < 1.29 is 4.79 Å². The minimum absolute atomic E-state index is 0.402. The second-order valence-electron chi connectivity index (χ2n) is 5.56. The van der Waals surface area contributed by atoms with Crippen LogP contribution in [0.25, 0.3) is 5.69 Å². The number of rotatable bonds is 3. The average Bonchev–Trinajstić information content (AvgIpc) is 2.92. The van der Waals surface area contributed by atoms with E-state index < -0.39 is 0 Å². The van der Waals surface area contributed by atoms with Crippen molar-refractivity contribution in [3.63, 3.8) is 0 Å². The molecule has 1 aromatic heterocycles. The Morgan fingerprint density at radius 2 is 2.05 bits per heavy atom. The third kappa shape index (κ3) is 2.38. The quantitative estimate of drug-likeness (QED) is 0.802. The lowest BCUT2D eigenvalue weighted by Gasteiger charge is -2.22. The van der Waals surface area contributed by atoms with Crippen LogP contribution in [0.2, 0.25) is 0 Å². The van der Waals surface area contributed by atoms with Crippen molar-refractivity contribution in [3.05, 3.63) is 41.2 Å². The maximum Gasteiger partial charge on any atom is 0.172 e. The molecule has 1 aliphatic rings. The zero-order chi connectivity index (χ0) is 13.9. The molecule has 2 aromatic rings. The summed E-state index contributed by atoms with van der Waals surface area (Å²) in [6, 6.07) is 8.16. The van der Waals surface area contributed by atoms with E-state index in [1.54, 1.807) is 0 Å². The van der Waals surface area contributed by atoms with Crippen molar-refractivity contribution in [2.24, 2.45) is 0 Å². The highest BCUT2D eigenvalue weighted by molar-refractivity contribution is 5.74. The van der Waals surface area contributed by atoms with Crippen LogP contribution in [0.15, 0.2) is 24.3 Å². The van der Waals surface area contributed by atoms with Gasteiger partial charge in [0.1, 0.15) is 5.69 Å². The Balaban J connectivity index is 2.06. The minimum Gasteiger partial charge on any atom is -0.296 e. The normalized spacial score (nSPS) is 16.2. The summed E-state index contributed by atoms with van der Waals surface area (Å²) < 4.78 is 1.85. The first-order valence-electron chi connectivity index (χ1n) is 7.27. The Morgan fingerprint density at radius 1 is 1.25 bits per heavy atom. The van der Waals surface area contributed by atoms with Gasteiger partial charge in [0.25, 0.3) is 0 Å². The Morgan fingerprint density at radius 3 is 2.75 bits per heavy atom. The molecule has 1 fully saturated rings. The van der Waals surface area contributed by atoms with Crippen LogP contribution in [-0.4, -0.2) is 21.3 Å². The highest BCUT2D eigenvalue weighted by Crippen LogP contribution is 2.34. The molecule has 0 atom stereocenters. The number of nitrogens with zero attached hydrogens (tertiary/aromatic N) is 3. The smallest absolute Gasteiger partial charge is 0.172 e. The Hall–Kier alpha value is -1.97. The molecular formula is C16H19N3O. The maximum absolute atomic E-state index is 11.3. The van der Waals surface area contributed by atoms with Gasteiger partial charge in [0.15, 0.2) is 6.29 Å². The Kier molecular flexibility index (Phi) is 3.63. The Bertz CT molecular complexity index is 612. The average molecular weight is 269 g/mol. The van der Waals surface area contributed by atoms with Crippen LogP contribution in [0.1, 0.15) is 59.8 Å². The van der Waals surface area contributed by atoms with Gasteiger partial charge in [-0.25, -0.2) is 4.68 Å². The maximum atomic E-state index is 11.3. The fourth-order valence-electron chi connectivity index (χ4n) is 3.09. The molecule has 1 saturated carbocycles. The van der Waals surface area contributed by atoms with Crippen LogP contribution in [0.4, 0.5) is 0 Å². The molecule has 0 bridgehead atoms. The van der Waals surface area contributed by atoms with E-state index in [4.69, 9.17) is 0 Å². The second kappa shape index (κ2) is 5.57. The summed E-state index contributed by atoms with van der Waals surface area (Å²) >= 11 is 0. The number of aryl methyl sites for hydroxylation is 1. The van der Waals surface area contributed by atoms with Gasteiger partial charge >= 0.3 is 0 Å². The summed E-state index contributed by atoms with van der Waals surface area (Å²) in [5.74, 6) is 0.402. The van der Waals surface area contributed by atoms with Gasteiger partial charge in [-0.1, -0.05) is 36.6 Å². The second-order valence-corrected chi connectivity index (χ2v) is 5.56. The molecule has 20 heavy (non-hydrogen) atoms. The number of carbonyl (C=O) groups excluding carboxylic acids is 1. The van der Waals surface area contributed by atoms with E-state index in [9.17, 15) is 4.79 Å². The van der Waals surface area contributed by atoms with Crippen LogP contribution in [0.3, 0.4) is 0 Å². The van der Waals surface area contributed by atoms with E-state index in [1.165, 1.54) is 24.8 Å². The monoisotopic (exact) mass is 269 g/mol. The van der Waals surface area contributed by atoms with E-state index in [0.717, 1.165) is 30.5 Å². The summed E-state index contributed by atoms with van der Waals surface area (Å²) in [7, 11) is 0. The molecule has 0 N–H and O–H groups in total. The first-order valence-corrected chi connectivity index (χ1v) is 7.27. The number of hydrogen-bond donors (Lipinski definition) is 0. The topological polar surface area (TPSA) is 47.8 Å². The number of benzene rings is 1. The van der Waals surface area contributed by atoms with E-state index in [0.29, 0.717) is 11.6 Å². The molecule has 1 heterocycles. The summed E-state index contributed by atoms with van der Waals surface area (Å²) in [5, 5.41) is 8.27. The SMILES string of the molecule is Cc1cccc(-n2nnc(C=O)c2C2CCCCC2)c1. The van der Waals surface area contributed by atoms with Gasteiger partial charge in [0.2, 0.25) is 0 Å². The first kappa shape index (κ1) is 13.0. The van der Waals surface area contributed by atoms with E-state index in [-0.39, 0.29) is 0 Å². The number of carbonyl (C=O) groups is 1. The predicted molar refractivity (Wildman–Crippen MR) is 77.3 cm³/mol. The number of aromatic nitrogens is 3. The molecule has 0 radical (unpaired) electrons. The zero-order valence-corrected chi connectivity index (χ0v) is 11.7. The fourth-order valence-corrected chi connectivity index (χ4v) is 3.09. The van der Waals surface area contributed by atoms with Gasteiger partial charge in [-0.15, -0.1) is 5.10 Å². The minimum atomic E-state index is 0.402. The highest BCUT2D eigenvalue weighted by Gasteiger charge is 2.24.